The fraction of sp³-hybridized carbons (Fsp3) is 0.310. The summed E-state index contributed by atoms with van der Waals surface area (Å²) in [5.41, 5.74) is 1.73. The quantitative estimate of drug-likeness (QED) is 0.238. The van der Waals surface area contributed by atoms with Crippen LogP contribution in [0.3, 0.4) is 0 Å². The number of unbranched alkanes of at least 4 members (excludes halogenated alkanes) is 1. The molecule has 0 aromatic heterocycles. The van der Waals surface area contributed by atoms with Gasteiger partial charge in [-0.1, -0.05) is 90.6 Å². The fourth-order valence-corrected chi connectivity index (χ4v) is 5.62. The lowest BCUT2D eigenvalue weighted by Gasteiger charge is -2.33. The van der Waals surface area contributed by atoms with Crippen LogP contribution in [0.4, 0.5) is 5.69 Å². The van der Waals surface area contributed by atoms with E-state index in [-0.39, 0.29) is 34.6 Å². The van der Waals surface area contributed by atoms with E-state index in [1.165, 1.54) is 23.1 Å². The van der Waals surface area contributed by atoms with Crippen molar-refractivity contribution in [2.45, 2.75) is 38.8 Å². The third-order valence-electron chi connectivity index (χ3n) is 6.18. The van der Waals surface area contributed by atoms with Gasteiger partial charge in [0.05, 0.1) is 11.9 Å². The van der Waals surface area contributed by atoms with Crippen LogP contribution in [-0.4, -0.2) is 50.5 Å². The first kappa shape index (κ1) is 31.7. The number of rotatable bonds is 13. The zero-order valence-corrected chi connectivity index (χ0v) is 25.4. The molecular formula is C29H32Cl3N3O4S. The number of anilines is 1. The molecule has 0 spiro atoms. The number of halogens is 3. The lowest BCUT2D eigenvalue weighted by Crippen LogP contribution is -2.53. The average molecular weight is 625 g/mol. The highest BCUT2D eigenvalue weighted by atomic mass is 35.5. The molecule has 0 saturated carbocycles. The summed E-state index contributed by atoms with van der Waals surface area (Å²) in [4.78, 5) is 29.0. The van der Waals surface area contributed by atoms with Crippen LogP contribution in [0.2, 0.25) is 15.1 Å². The van der Waals surface area contributed by atoms with E-state index in [0.717, 1.165) is 34.5 Å². The number of hydrogen-bond donors (Lipinski definition) is 1. The van der Waals surface area contributed by atoms with Crippen molar-refractivity contribution in [3.05, 3.63) is 99.0 Å². The summed E-state index contributed by atoms with van der Waals surface area (Å²) in [7, 11) is -3.93. The number of nitrogens with zero attached hydrogens (tertiary/aromatic N) is 2. The highest BCUT2D eigenvalue weighted by molar-refractivity contribution is 7.92. The molecule has 0 aliphatic rings. The summed E-state index contributed by atoms with van der Waals surface area (Å²) in [5.74, 6) is -0.889. The molecule has 0 bridgehead atoms. The standard InChI is InChI=1S/C29H32Cl3N3O4S/c1-3-4-14-33-29(37)27(15-21-8-6-5-7-9-21)34(19-22-10-12-23(30)13-11-22)28(36)20-35(40(2,38)39)26-17-24(31)16-25(32)18-26/h5-13,16-18,27H,3-4,14-15,19-20H2,1-2H3,(H,33,37). The van der Waals surface area contributed by atoms with E-state index in [4.69, 9.17) is 34.8 Å². The van der Waals surface area contributed by atoms with Gasteiger partial charge in [0.2, 0.25) is 21.8 Å². The number of amides is 2. The van der Waals surface area contributed by atoms with Crippen molar-refractivity contribution in [1.29, 1.82) is 0 Å². The normalized spacial score (nSPS) is 12.0. The maximum Gasteiger partial charge on any atom is 0.244 e. The lowest BCUT2D eigenvalue weighted by molar-refractivity contribution is -0.140. The molecule has 0 aliphatic carbocycles. The van der Waals surface area contributed by atoms with E-state index in [1.807, 2.05) is 37.3 Å². The molecule has 1 unspecified atom stereocenters. The van der Waals surface area contributed by atoms with Crippen LogP contribution in [0.1, 0.15) is 30.9 Å². The van der Waals surface area contributed by atoms with Crippen LogP contribution in [-0.2, 0) is 32.6 Å². The van der Waals surface area contributed by atoms with Gasteiger partial charge in [0.25, 0.3) is 0 Å². The van der Waals surface area contributed by atoms with Crippen LogP contribution in [0.5, 0.6) is 0 Å². The Kier molecular flexibility index (Phi) is 11.7. The zero-order chi connectivity index (χ0) is 29.3. The Morgan fingerprint density at radius 1 is 0.875 bits per heavy atom. The average Bonchev–Trinajstić information content (AvgIpc) is 2.89. The van der Waals surface area contributed by atoms with Crippen LogP contribution in [0, 0.1) is 0 Å². The van der Waals surface area contributed by atoms with E-state index in [9.17, 15) is 18.0 Å². The monoisotopic (exact) mass is 623 g/mol. The van der Waals surface area contributed by atoms with E-state index in [1.54, 1.807) is 24.3 Å². The first-order chi connectivity index (χ1) is 19.0. The number of benzene rings is 3. The second-order valence-electron chi connectivity index (χ2n) is 9.40. The van der Waals surface area contributed by atoms with Crippen molar-refractivity contribution in [1.82, 2.24) is 10.2 Å². The zero-order valence-electron chi connectivity index (χ0n) is 22.3. The van der Waals surface area contributed by atoms with Gasteiger partial charge in [-0.15, -0.1) is 0 Å². The van der Waals surface area contributed by atoms with Gasteiger partial charge >= 0.3 is 0 Å². The minimum Gasteiger partial charge on any atom is -0.354 e. The summed E-state index contributed by atoms with van der Waals surface area (Å²) in [6.45, 7) is 1.98. The molecule has 0 saturated heterocycles. The van der Waals surface area contributed by atoms with Crippen molar-refractivity contribution in [3.63, 3.8) is 0 Å². The number of carbonyl (C=O) groups is 2. The number of nitrogens with one attached hydrogen (secondary N) is 1. The third-order valence-corrected chi connectivity index (χ3v) is 8.01. The Balaban J connectivity index is 2.04. The topological polar surface area (TPSA) is 86.8 Å². The van der Waals surface area contributed by atoms with Crippen LogP contribution >= 0.6 is 34.8 Å². The van der Waals surface area contributed by atoms with Gasteiger partial charge in [-0.3, -0.25) is 13.9 Å². The number of carbonyl (C=O) groups excluding carboxylic acids is 2. The number of hydrogen-bond acceptors (Lipinski definition) is 4. The Morgan fingerprint density at radius 2 is 1.50 bits per heavy atom. The highest BCUT2D eigenvalue weighted by Crippen LogP contribution is 2.27. The maximum absolute atomic E-state index is 14.0. The Bertz CT molecular complexity index is 1380. The van der Waals surface area contributed by atoms with Gasteiger partial charge in [-0.05, 0) is 47.9 Å². The molecule has 1 N–H and O–H groups in total. The number of sulfonamides is 1. The fourth-order valence-electron chi connectivity index (χ4n) is 4.14. The molecule has 0 heterocycles. The molecule has 214 valence electrons. The van der Waals surface area contributed by atoms with Crippen LogP contribution in [0.15, 0.2) is 72.8 Å². The summed E-state index contributed by atoms with van der Waals surface area (Å²) in [5, 5.41) is 3.91. The Labute approximate surface area is 251 Å². The lowest BCUT2D eigenvalue weighted by atomic mass is 10.0. The van der Waals surface area contributed by atoms with Crippen LogP contribution < -0.4 is 9.62 Å². The van der Waals surface area contributed by atoms with Gasteiger partial charge in [-0.2, -0.15) is 0 Å². The molecule has 0 aliphatic heterocycles. The molecule has 2 amide bonds. The predicted molar refractivity (Wildman–Crippen MR) is 163 cm³/mol. The minimum absolute atomic E-state index is 0.0581. The van der Waals surface area contributed by atoms with Gasteiger partial charge in [-0.25, -0.2) is 8.42 Å². The first-order valence-corrected chi connectivity index (χ1v) is 15.8. The van der Waals surface area contributed by atoms with Crippen molar-refractivity contribution in [2.75, 3.05) is 23.7 Å². The summed E-state index contributed by atoms with van der Waals surface area (Å²) in [6, 6.07) is 19.7. The van der Waals surface area contributed by atoms with Crippen molar-refractivity contribution >= 4 is 62.3 Å². The first-order valence-electron chi connectivity index (χ1n) is 12.8. The van der Waals surface area contributed by atoms with Crippen LogP contribution in [0.25, 0.3) is 0 Å². The molecule has 3 rings (SSSR count). The molecular weight excluding hydrogens is 593 g/mol. The third kappa shape index (κ3) is 9.41. The van der Waals surface area contributed by atoms with E-state index in [0.29, 0.717) is 11.6 Å². The summed E-state index contributed by atoms with van der Waals surface area (Å²) < 4.78 is 26.6. The van der Waals surface area contributed by atoms with E-state index in [2.05, 4.69) is 5.32 Å². The molecule has 3 aromatic carbocycles. The van der Waals surface area contributed by atoms with Crippen molar-refractivity contribution in [2.24, 2.45) is 0 Å². The minimum atomic E-state index is -3.93. The van der Waals surface area contributed by atoms with Gasteiger partial charge < -0.3 is 10.2 Å². The summed E-state index contributed by atoms with van der Waals surface area (Å²) >= 11 is 18.4. The second kappa shape index (κ2) is 14.7. The summed E-state index contributed by atoms with van der Waals surface area (Å²) in [6.07, 6.45) is 2.91. The molecule has 0 radical (unpaired) electrons. The Hall–Kier alpha value is -2.78. The molecule has 3 aromatic rings. The molecule has 0 fully saturated rings. The molecule has 11 heteroatoms. The smallest absolute Gasteiger partial charge is 0.244 e. The molecule has 40 heavy (non-hydrogen) atoms. The van der Waals surface area contributed by atoms with Gasteiger partial charge in [0.15, 0.2) is 0 Å². The van der Waals surface area contributed by atoms with E-state index < -0.39 is 28.5 Å². The van der Waals surface area contributed by atoms with Crippen molar-refractivity contribution in [3.8, 4) is 0 Å². The van der Waals surface area contributed by atoms with E-state index >= 15 is 0 Å². The van der Waals surface area contributed by atoms with Gasteiger partial charge in [0, 0.05) is 34.6 Å². The highest BCUT2D eigenvalue weighted by Gasteiger charge is 2.33. The predicted octanol–water partition coefficient (Wildman–Crippen LogP) is 5.97. The second-order valence-corrected chi connectivity index (χ2v) is 12.6. The molecule has 1 atom stereocenters. The van der Waals surface area contributed by atoms with Gasteiger partial charge in [0.1, 0.15) is 12.6 Å². The largest absolute Gasteiger partial charge is 0.354 e. The van der Waals surface area contributed by atoms with Crippen molar-refractivity contribution < 1.29 is 18.0 Å². The maximum atomic E-state index is 14.0. The SMILES string of the molecule is CCCCNC(=O)C(Cc1ccccc1)N(Cc1ccc(Cl)cc1)C(=O)CN(c1cc(Cl)cc(Cl)c1)S(C)(=O)=O. The Morgan fingerprint density at radius 3 is 2.08 bits per heavy atom. The molecule has 7 nitrogen and oxygen atoms in total.